The highest BCUT2D eigenvalue weighted by atomic mass is 16.5. The molecule has 0 aliphatic carbocycles. The van der Waals surface area contributed by atoms with Gasteiger partial charge in [-0.3, -0.25) is 4.68 Å². The maximum absolute atomic E-state index is 5.66. The largest absolute Gasteiger partial charge is 0.379 e. The van der Waals surface area contributed by atoms with Crippen LogP contribution in [0.5, 0.6) is 0 Å². The van der Waals surface area contributed by atoms with Gasteiger partial charge in [0, 0.05) is 29.9 Å². The molecule has 1 aliphatic heterocycles. The molecule has 2 heterocycles. The third-order valence-corrected chi connectivity index (χ3v) is 4.15. The van der Waals surface area contributed by atoms with Gasteiger partial charge in [-0.25, -0.2) is 0 Å². The minimum absolute atomic E-state index is 0.131. The van der Waals surface area contributed by atoms with Crippen molar-refractivity contribution >= 4 is 0 Å². The van der Waals surface area contributed by atoms with Crippen molar-refractivity contribution in [3.63, 3.8) is 0 Å². The maximum atomic E-state index is 5.66. The van der Waals surface area contributed by atoms with Crippen LogP contribution in [0.4, 0.5) is 0 Å². The highest BCUT2D eigenvalue weighted by Crippen LogP contribution is 2.25. The van der Waals surface area contributed by atoms with E-state index in [2.05, 4.69) is 44.6 Å². The molecule has 1 aliphatic rings. The molecule has 0 aromatic carbocycles. The van der Waals surface area contributed by atoms with Crippen molar-refractivity contribution in [3.8, 4) is 0 Å². The molecule has 0 radical (unpaired) electrons. The molecule has 2 rings (SSSR count). The lowest BCUT2D eigenvalue weighted by molar-refractivity contribution is 0.0538. The van der Waals surface area contributed by atoms with Crippen LogP contribution in [0.25, 0.3) is 0 Å². The zero-order valence-electron chi connectivity index (χ0n) is 14.3. The standard InChI is InChI=1S/C17H31N3O/c1-6-15-14(11-18-17(3,4)5)16(7-2)20(19-15)13-9-8-10-21-12-13/h13,18H,6-12H2,1-5H3. The van der Waals surface area contributed by atoms with Crippen molar-refractivity contribution in [3.05, 3.63) is 17.0 Å². The lowest BCUT2D eigenvalue weighted by atomic mass is 10.0. The van der Waals surface area contributed by atoms with Crippen molar-refractivity contribution in [2.75, 3.05) is 13.2 Å². The Balaban J connectivity index is 2.27. The predicted molar refractivity (Wildman–Crippen MR) is 86.7 cm³/mol. The Kier molecular flexibility index (Phi) is 5.44. The molecular weight excluding hydrogens is 262 g/mol. The lowest BCUT2D eigenvalue weighted by Gasteiger charge is -2.25. The Morgan fingerprint density at radius 3 is 2.57 bits per heavy atom. The quantitative estimate of drug-likeness (QED) is 0.906. The monoisotopic (exact) mass is 293 g/mol. The molecule has 1 unspecified atom stereocenters. The average molecular weight is 293 g/mol. The van der Waals surface area contributed by atoms with Crippen LogP contribution in [-0.4, -0.2) is 28.5 Å². The first-order chi connectivity index (χ1) is 9.96. The summed E-state index contributed by atoms with van der Waals surface area (Å²) in [6.07, 6.45) is 4.36. The average Bonchev–Trinajstić information content (AvgIpc) is 2.83. The summed E-state index contributed by atoms with van der Waals surface area (Å²) in [6.45, 7) is 13.7. The normalized spacial score (nSPS) is 20.0. The van der Waals surface area contributed by atoms with E-state index < -0.39 is 0 Å². The molecule has 0 bridgehead atoms. The van der Waals surface area contributed by atoms with Gasteiger partial charge in [-0.1, -0.05) is 13.8 Å². The Morgan fingerprint density at radius 2 is 2.05 bits per heavy atom. The van der Waals surface area contributed by atoms with E-state index in [-0.39, 0.29) is 5.54 Å². The molecule has 1 N–H and O–H groups in total. The van der Waals surface area contributed by atoms with Crippen LogP contribution in [-0.2, 0) is 24.1 Å². The third-order valence-electron chi connectivity index (χ3n) is 4.15. The second kappa shape index (κ2) is 6.93. The van der Waals surface area contributed by atoms with Crippen molar-refractivity contribution in [2.45, 2.75) is 78.4 Å². The van der Waals surface area contributed by atoms with Gasteiger partial charge >= 0.3 is 0 Å². The SMILES string of the molecule is CCc1nn(C2CCCOC2)c(CC)c1CNC(C)(C)C. The van der Waals surface area contributed by atoms with Crippen LogP contribution in [0.2, 0.25) is 0 Å². The number of hydrogen-bond donors (Lipinski definition) is 1. The highest BCUT2D eigenvalue weighted by Gasteiger charge is 2.24. The second-order valence-electron chi connectivity index (χ2n) is 7.00. The summed E-state index contributed by atoms with van der Waals surface area (Å²) in [4.78, 5) is 0. The van der Waals surface area contributed by atoms with Crippen molar-refractivity contribution in [2.24, 2.45) is 0 Å². The fourth-order valence-corrected chi connectivity index (χ4v) is 2.99. The first kappa shape index (κ1) is 16.5. The van der Waals surface area contributed by atoms with Crippen LogP contribution in [0.1, 0.15) is 70.5 Å². The summed E-state index contributed by atoms with van der Waals surface area (Å²) in [6, 6.07) is 0.419. The van der Waals surface area contributed by atoms with E-state index in [1.807, 2.05) is 0 Å². The smallest absolute Gasteiger partial charge is 0.0756 e. The van der Waals surface area contributed by atoms with E-state index in [9.17, 15) is 0 Å². The zero-order valence-corrected chi connectivity index (χ0v) is 14.3. The fourth-order valence-electron chi connectivity index (χ4n) is 2.99. The van der Waals surface area contributed by atoms with Crippen LogP contribution in [0.3, 0.4) is 0 Å². The van der Waals surface area contributed by atoms with Gasteiger partial charge in [0.1, 0.15) is 0 Å². The number of nitrogens with one attached hydrogen (secondary N) is 1. The number of aromatic nitrogens is 2. The van der Waals surface area contributed by atoms with Gasteiger partial charge in [0.25, 0.3) is 0 Å². The van der Waals surface area contributed by atoms with Gasteiger partial charge < -0.3 is 10.1 Å². The van der Waals surface area contributed by atoms with Crippen molar-refractivity contribution < 1.29 is 4.74 Å². The van der Waals surface area contributed by atoms with E-state index in [0.29, 0.717) is 6.04 Å². The molecule has 1 aromatic rings. The van der Waals surface area contributed by atoms with Gasteiger partial charge in [-0.15, -0.1) is 0 Å². The number of hydrogen-bond acceptors (Lipinski definition) is 3. The molecule has 4 heteroatoms. The molecule has 4 nitrogen and oxygen atoms in total. The van der Waals surface area contributed by atoms with Crippen LogP contribution in [0.15, 0.2) is 0 Å². The van der Waals surface area contributed by atoms with Crippen LogP contribution in [0, 0.1) is 0 Å². The Hall–Kier alpha value is -0.870. The first-order valence-electron chi connectivity index (χ1n) is 8.38. The van der Waals surface area contributed by atoms with Gasteiger partial charge in [0.2, 0.25) is 0 Å². The topological polar surface area (TPSA) is 39.1 Å². The third kappa shape index (κ3) is 4.07. The van der Waals surface area contributed by atoms with E-state index in [1.54, 1.807) is 0 Å². The zero-order chi connectivity index (χ0) is 15.5. The van der Waals surface area contributed by atoms with Crippen LogP contribution < -0.4 is 5.32 Å². The van der Waals surface area contributed by atoms with E-state index in [4.69, 9.17) is 9.84 Å². The Bertz CT molecular complexity index is 453. The van der Waals surface area contributed by atoms with Gasteiger partial charge in [0.05, 0.1) is 18.3 Å². The molecule has 1 fully saturated rings. The molecule has 0 spiro atoms. The van der Waals surface area contributed by atoms with E-state index in [1.165, 1.54) is 23.4 Å². The number of aryl methyl sites for hydroxylation is 1. The molecule has 0 saturated carbocycles. The molecule has 1 aromatic heterocycles. The summed E-state index contributed by atoms with van der Waals surface area (Å²) >= 11 is 0. The molecule has 120 valence electrons. The van der Waals surface area contributed by atoms with Gasteiger partial charge in [0.15, 0.2) is 0 Å². The van der Waals surface area contributed by atoms with Crippen molar-refractivity contribution in [1.82, 2.24) is 15.1 Å². The summed E-state index contributed by atoms with van der Waals surface area (Å²) in [5.74, 6) is 0. The molecule has 0 amide bonds. The molecular formula is C17H31N3O. The Morgan fingerprint density at radius 1 is 1.29 bits per heavy atom. The van der Waals surface area contributed by atoms with E-state index >= 15 is 0 Å². The molecule has 1 atom stereocenters. The summed E-state index contributed by atoms with van der Waals surface area (Å²) in [7, 11) is 0. The predicted octanol–water partition coefficient (Wildman–Crippen LogP) is 3.25. The first-order valence-corrected chi connectivity index (χ1v) is 8.38. The van der Waals surface area contributed by atoms with Gasteiger partial charge in [-0.05, 0) is 46.5 Å². The van der Waals surface area contributed by atoms with Crippen LogP contribution >= 0.6 is 0 Å². The molecule has 1 saturated heterocycles. The second-order valence-corrected chi connectivity index (χ2v) is 7.00. The summed E-state index contributed by atoms with van der Waals surface area (Å²) in [5.41, 5.74) is 4.17. The van der Waals surface area contributed by atoms with Crippen molar-refractivity contribution in [1.29, 1.82) is 0 Å². The number of ether oxygens (including phenoxy) is 1. The van der Waals surface area contributed by atoms with Gasteiger partial charge in [-0.2, -0.15) is 5.10 Å². The minimum atomic E-state index is 0.131. The Labute approximate surface area is 129 Å². The highest BCUT2D eigenvalue weighted by molar-refractivity contribution is 5.27. The minimum Gasteiger partial charge on any atom is -0.379 e. The summed E-state index contributed by atoms with van der Waals surface area (Å²) in [5, 5.41) is 8.54. The number of nitrogens with zero attached hydrogens (tertiary/aromatic N) is 2. The molecule has 21 heavy (non-hydrogen) atoms. The fraction of sp³-hybridized carbons (Fsp3) is 0.824. The number of rotatable bonds is 5. The lowest BCUT2D eigenvalue weighted by Crippen LogP contribution is -2.35. The summed E-state index contributed by atoms with van der Waals surface area (Å²) < 4.78 is 7.92. The maximum Gasteiger partial charge on any atom is 0.0756 e. The van der Waals surface area contributed by atoms with E-state index in [0.717, 1.165) is 39.0 Å².